The summed E-state index contributed by atoms with van der Waals surface area (Å²) >= 11 is 0. The Morgan fingerprint density at radius 1 is 1.33 bits per heavy atom. The highest BCUT2D eigenvalue weighted by Gasteiger charge is 2.25. The smallest absolute Gasteiger partial charge is 0.328 e. The molecule has 2 rings (SSSR count). The molecule has 1 aliphatic heterocycles. The summed E-state index contributed by atoms with van der Waals surface area (Å²) in [5.74, 6) is -0.515. The molecule has 0 spiro atoms. The molecule has 0 aromatic carbocycles. The van der Waals surface area contributed by atoms with Gasteiger partial charge in [-0.25, -0.2) is 9.78 Å². The van der Waals surface area contributed by atoms with Crippen molar-refractivity contribution >= 4 is 11.9 Å². The molecule has 1 fully saturated rings. The SMILES string of the molecule is COC(=O)C(NC(=O)c1ccnc(OC2CCOCC2)c1)C(C)C. The summed E-state index contributed by atoms with van der Waals surface area (Å²) in [5.41, 5.74) is 0.390. The topological polar surface area (TPSA) is 86.8 Å². The predicted octanol–water partition coefficient (Wildman–Crippen LogP) is 1.57. The van der Waals surface area contributed by atoms with E-state index in [0.717, 1.165) is 12.8 Å². The maximum absolute atomic E-state index is 12.4. The molecule has 0 bridgehead atoms. The lowest BCUT2D eigenvalue weighted by atomic mass is 10.0. The molecule has 1 unspecified atom stereocenters. The molecule has 0 radical (unpaired) electrons. The number of aromatic nitrogens is 1. The molecule has 1 atom stereocenters. The lowest BCUT2D eigenvalue weighted by Gasteiger charge is -2.23. The van der Waals surface area contributed by atoms with Crippen molar-refractivity contribution in [2.45, 2.75) is 38.8 Å². The van der Waals surface area contributed by atoms with E-state index in [-0.39, 0.29) is 17.9 Å². The minimum Gasteiger partial charge on any atom is -0.474 e. The summed E-state index contributed by atoms with van der Waals surface area (Å²) in [4.78, 5) is 28.3. The Bertz CT molecular complexity index is 570. The molecule has 0 aliphatic carbocycles. The summed E-state index contributed by atoms with van der Waals surface area (Å²) < 4.78 is 15.8. The minimum absolute atomic E-state index is 0.0445. The number of ether oxygens (including phenoxy) is 3. The minimum atomic E-state index is -0.699. The van der Waals surface area contributed by atoms with Crippen LogP contribution in [0.3, 0.4) is 0 Å². The standard InChI is InChI=1S/C17H24N2O5/c1-11(2)15(17(21)22-3)19-16(20)12-4-7-18-14(10-12)24-13-5-8-23-9-6-13/h4,7,10-11,13,15H,5-6,8-9H2,1-3H3,(H,19,20). The number of amides is 1. The van der Waals surface area contributed by atoms with Crippen LogP contribution in [0, 0.1) is 5.92 Å². The van der Waals surface area contributed by atoms with Crippen molar-refractivity contribution in [3.8, 4) is 5.88 Å². The monoisotopic (exact) mass is 336 g/mol. The van der Waals surface area contributed by atoms with Gasteiger partial charge in [0, 0.05) is 30.7 Å². The lowest BCUT2D eigenvalue weighted by Crippen LogP contribution is -2.45. The fraction of sp³-hybridized carbons (Fsp3) is 0.588. The van der Waals surface area contributed by atoms with Gasteiger partial charge < -0.3 is 19.5 Å². The molecule has 1 aromatic heterocycles. The average Bonchev–Trinajstić information content (AvgIpc) is 2.59. The van der Waals surface area contributed by atoms with Crippen LogP contribution in [0.4, 0.5) is 0 Å². The first-order valence-electron chi connectivity index (χ1n) is 8.10. The van der Waals surface area contributed by atoms with Crippen molar-refractivity contribution in [1.82, 2.24) is 10.3 Å². The van der Waals surface area contributed by atoms with Crippen molar-refractivity contribution in [2.24, 2.45) is 5.92 Å². The number of pyridine rings is 1. The maximum Gasteiger partial charge on any atom is 0.328 e. The molecular formula is C17H24N2O5. The zero-order chi connectivity index (χ0) is 17.5. The molecule has 0 saturated carbocycles. The number of carbonyl (C=O) groups is 2. The Labute approximate surface area is 141 Å². The Morgan fingerprint density at radius 2 is 2.04 bits per heavy atom. The number of methoxy groups -OCH3 is 1. The first-order valence-corrected chi connectivity index (χ1v) is 8.10. The molecule has 1 amide bonds. The normalized spacial score (nSPS) is 16.5. The first-order chi connectivity index (χ1) is 11.5. The van der Waals surface area contributed by atoms with Crippen LogP contribution in [0.1, 0.15) is 37.0 Å². The molecule has 1 aliphatic rings. The van der Waals surface area contributed by atoms with Crippen molar-refractivity contribution in [3.63, 3.8) is 0 Å². The van der Waals surface area contributed by atoms with Crippen LogP contribution in [-0.2, 0) is 14.3 Å². The third-order valence-electron chi connectivity index (χ3n) is 3.86. The fourth-order valence-corrected chi connectivity index (χ4v) is 2.43. The van der Waals surface area contributed by atoms with Crippen molar-refractivity contribution in [3.05, 3.63) is 23.9 Å². The third-order valence-corrected chi connectivity index (χ3v) is 3.86. The molecule has 2 heterocycles. The van der Waals surface area contributed by atoms with Crippen LogP contribution in [0.15, 0.2) is 18.3 Å². The van der Waals surface area contributed by atoms with Crippen molar-refractivity contribution in [1.29, 1.82) is 0 Å². The summed E-state index contributed by atoms with van der Waals surface area (Å²) in [6.45, 7) is 5.02. The molecule has 7 heteroatoms. The van der Waals surface area contributed by atoms with Gasteiger partial charge in [0.2, 0.25) is 5.88 Å². The zero-order valence-electron chi connectivity index (χ0n) is 14.3. The molecule has 1 aromatic rings. The zero-order valence-corrected chi connectivity index (χ0v) is 14.3. The van der Waals surface area contributed by atoms with Crippen molar-refractivity contribution < 1.29 is 23.8 Å². The van der Waals surface area contributed by atoms with Gasteiger partial charge in [0.05, 0.1) is 20.3 Å². The highest BCUT2D eigenvalue weighted by Crippen LogP contribution is 2.17. The van der Waals surface area contributed by atoms with E-state index in [9.17, 15) is 9.59 Å². The Balaban J connectivity index is 2.03. The summed E-state index contributed by atoms with van der Waals surface area (Å²) in [5, 5.41) is 2.70. The van der Waals surface area contributed by atoms with Gasteiger partial charge in [0.25, 0.3) is 5.91 Å². The van der Waals surface area contributed by atoms with E-state index in [1.165, 1.54) is 13.3 Å². The number of esters is 1. The molecule has 132 valence electrons. The Kier molecular flexibility index (Phi) is 6.54. The number of hydrogen-bond acceptors (Lipinski definition) is 6. The number of hydrogen-bond donors (Lipinski definition) is 1. The van der Waals surface area contributed by atoms with E-state index in [2.05, 4.69) is 10.3 Å². The molecule has 24 heavy (non-hydrogen) atoms. The summed E-state index contributed by atoms with van der Waals surface area (Å²) in [6.07, 6.45) is 3.17. The van der Waals surface area contributed by atoms with Gasteiger partial charge in [-0.2, -0.15) is 0 Å². The second-order valence-electron chi connectivity index (χ2n) is 6.03. The van der Waals surface area contributed by atoms with Gasteiger partial charge in [0.1, 0.15) is 12.1 Å². The number of nitrogens with zero attached hydrogens (tertiary/aromatic N) is 1. The highest BCUT2D eigenvalue weighted by molar-refractivity contribution is 5.97. The van der Waals surface area contributed by atoms with E-state index in [1.54, 1.807) is 12.1 Å². The maximum atomic E-state index is 12.4. The molecule has 1 N–H and O–H groups in total. The summed E-state index contributed by atoms with van der Waals surface area (Å²) in [7, 11) is 1.30. The largest absolute Gasteiger partial charge is 0.474 e. The van der Waals surface area contributed by atoms with E-state index in [0.29, 0.717) is 24.7 Å². The van der Waals surface area contributed by atoms with E-state index < -0.39 is 12.0 Å². The third kappa shape index (κ3) is 4.92. The van der Waals surface area contributed by atoms with E-state index in [1.807, 2.05) is 13.8 Å². The number of carbonyl (C=O) groups excluding carboxylic acids is 2. The van der Waals surface area contributed by atoms with Crippen LogP contribution in [0.5, 0.6) is 5.88 Å². The van der Waals surface area contributed by atoms with Gasteiger partial charge in [0.15, 0.2) is 0 Å². The van der Waals surface area contributed by atoms with E-state index in [4.69, 9.17) is 14.2 Å². The van der Waals surface area contributed by atoms with Crippen LogP contribution in [-0.4, -0.2) is 49.3 Å². The van der Waals surface area contributed by atoms with Gasteiger partial charge in [-0.3, -0.25) is 4.79 Å². The molecule has 1 saturated heterocycles. The second-order valence-corrected chi connectivity index (χ2v) is 6.03. The van der Waals surface area contributed by atoms with Crippen LogP contribution >= 0.6 is 0 Å². The van der Waals surface area contributed by atoms with Gasteiger partial charge >= 0.3 is 5.97 Å². The quantitative estimate of drug-likeness (QED) is 0.794. The highest BCUT2D eigenvalue weighted by atomic mass is 16.5. The van der Waals surface area contributed by atoms with Crippen LogP contribution in [0.25, 0.3) is 0 Å². The number of rotatable bonds is 6. The predicted molar refractivity (Wildman–Crippen MR) is 86.8 cm³/mol. The molecular weight excluding hydrogens is 312 g/mol. The summed E-state index contributed by atoms with van der Waals surface area (Å²) in [6, 6.07) is 2.47. The Morgan fingerprint density at radius 3 is 2.67 bits per heavy atom. The van der Waals surface area contributed by atoms with Crippen LogP contribution in [0.2, 0.25) is 0 Å². The van der Waals surface area contributed by atoms with Crippen LogP contribution < -0.4 is 10.1 Å². The van der Waals surface area contributed by atoms with Crippen molar-refractivity contribution in [2.75, 3.05) is 20.3 Å². The second kappa shape index (κ2) is 8.63. The first kappa shape index (κ1) is 18.2. The number of nitrogens with one attached hydrogen (secondary N) is 1. The Hall–Kier alpha value is -2.15. The van der Waals surface area contributed by atoms with Gasteiger partial charge in [-0.1, -0.05) is 13.8 Å². The average molecular weight is 336 g/mol. The molecule has 7 nitrogen and oxygen atoms in total. The van der Waals surface area contributed by atoms with Gasteiger partial charge in [-0.05, 0) is 12.0 Å². The fourth-order valence-electron chi connectivity index (χ4n) is 2.43. The van der Waals surface area contributed by atoms with Gasteiger partial charge in [-0.15, -0.1) is 0 Å². The van der Waals surface area contributed by atoms with E-state index >= 15 is 0 Å². The lowest BCUT2D eigenvalue weighted by molar-refractivity contribution is -0.144.